The lowest BCUT2D eigenvalue weighted by Gasteiger charge is -2.29. The van der Waals surface area contributed by atoms with Crippen molar-refractivity contribution < 1.29 is 18.7 Å². The Hall–Kier alpha value is -2.86. The van der Waals surface area contributed by atoms with E-state index in [0.29, 0.717) is 29.5 Å². The summed E-state index contributed by atoms with van der Waals surface area (Å²) in [6, 6.07) is 12.6. The fourth-order valence-corrected chi connectivity index (χ4v) is 2.84. The normalized spacial score (nSPS) is 12.4. The van der Waals surface area contributed by atoms with Crippen LogP contribution in [-0.4, -0.2) is 21.9 Å². The third-order valence-electron chi connectivity index (χ3n) is 4.56. The molecule has 0 fully saturated rings. The summed E-state index contributed by atoms with van der Waals surface area (Å²) < 4.78 is 26.4. The summed E-state index contributed by atoms with van der Waals surface area (Å²) >= 11 is 5.88. The smallest absolute Gasteiger partial charge is 0.236 e. The first-order chi connectivity index (χ1) is 13.8. The van der Waals surface area contributed by atoms with Crippen molar-refractivity contribution in [2.45, 2.75) is 26.5 Å². The Bertz CT molecular complexity index is 926. The molecule has 1 aromatic heterocycles. The molecular formula is C22H22ClFN2O3. The number of carbonyl (C=O) groups is 1. The molecule has 0 aliphatic rings. The first kappa shape index (κ1) is 20.9. The summed E-state index contributed by atoms with van der Waals surface area (Å²) in [4.78, 5) is 17.3. The van der Waals surface area contributed by atoms with Gasteiger partial charge in [0.1, 0.15) is 17.3 Å². The summed E-state index contributed by atoms with van der Waals surface area (Å²) in [5, 5.41) is 0.633. The highest BCUT2D eigenvalue weighted by Gasteiger charge is 2.36. The summed E-state index contributed by atoms with van der Waals surface area (Å²) in [6.07, 6.45) is 4.31. The molecule has 0 bridgehead atoms. The Balaban J connectivity index is 1.69. The highest BCUT2D eigenvalue weighted by molar-refractivity contribution is 6.30. The number of hydrogen-bond acceptors (Lipinski definition) is 4. The number of rotatable bonds is 9. The summed E-state index contributed by atoms with van der Waals surface area (Å²) in [5.74, 6) is 0.570. The third kappa shape index (κ3) is 5.57. The maximum Gasteiger partial charge on any atom is 0.236 e. The zero-order valence-corrected chi connectivity index (χ0v) is 17.0. The van der Waals surface area contributed by atoms with Crippen molar-refractivity contribution >= 4 is 17.4 Å². The van der Waals surface area contributed by atoms with Gasteiger partial charge in [-0.25, -0.2) is 9.37 Å². The lowest BCUT2D eigenvalue weighted by atomic mass is 9.84. The molecular weight excluding hydrogens is 395 g/mol. The van der Waals surface area contributed by atoms with Gasteiger partial charge < -0.3 is 9.47 Å². The van der Waals surface area contributed by atoms with Crippen molar-refractivity contribution in [3.05, 3.63) is 78.1 Å². The van der Waals surface area contributed by atoms with Gasteiger partial charge in [0.2, 0.25) is 6.23 Å². The van der Waals surface area contributed by atoms with E-state index in [1.165, 1.54) is 30.6 Å². The fraction of sp³-hybridized carbons (Fsp3) is 0.273. The van der Waals surface area contributed by atoms with Gasteiger partial charge in [-0.15, -0.1) is 0 Å². The summed E-state index contributed by atoms with van der Waals surface area (Å²) in [7, 11) is 0. The average Bonchev–Trinajstić information content (AvgIpc) is 3.23. The molecule has 0 saturated heterocycles. The SMILES string of the molecule is CC(C)(CCOc1ccc(Cl)cc1)C(=O)C(Oc1ccc(F)cc1)n1ccnc1. The minimum Gasteiger partial charge on any atom is -0.494 e. The van der Waals surface area contributed by atoms with Gasteiger partial charge in [0.05, 0.1) is 12.9 Å². The van der Waals surface area contributed by atoms with Crippen molar-refractivity contribution in [3.8, 4) is 11.5 Å². The molecule has 0 radical (unpaired) electrons. The van der Waals surface area contributed by atoms with E-state index in [1.54, 1.807) is 41.2 Å². The predicted octanol–water partition coefficient (Wildman–Crippen LogP) is 5.32. The second-order valence-corrected chi connectivity index (χ2v) is 7.67. The molecule has 1 atom stereocenters. The fourth-order valence-electron chi connectivity index (χ4n) is 2.71. The number of Topliss-reactive ketones (excluding diaryl/α,β-unsaturated/α-hetero) is 1. The van der Waals surface area contributed by atoms with E-state index < -0.39 is 11.6 Å². The Morgan fingerprint density at radius 3 is 2.41 bits per heavy atom. The molecule has 0 aliphatic carbocycles. The number of hydrogen-bond donors (Lipinski definition) is 0. The van der Waals surface area contributed by atoms with Crippen LogP contribution >= 0.6 is 11.6 Å². The van der Waals surface area contributed by atoms with Crippen molar-refractivity contribution in [1.82, 2.24) is 9.55 Å². The Morgan fingerprint density at radius 1 is 1.14 bits per heavy atom. The molecule has 29 heavy (non-hydrogen) atoms. The standard InChI is InChI=1S/C22H22ClFN2O3/c1-22(2,11-14-28-18-7-3-16(23)4-8-18)20(27)21(26-13-12-25-15-26)29-19-9-5-17(24)6-10-19/h3-10,12-13,15,21H,11,14H2,1-2H3. The molecule has 1 heterocycles. The van der Waals surface area contributed by atoms with Crippen LogP contribution in [0.4, 0.5) is 4.39 Å². The molecule has 3 rings (SSSR count). The Labute approximate surface area is 174 Å². The molecule has 0 amide bonds. The minimum absolute atomic E-state index is 0.139. The number of aromatic nitrogens is 2. The number of benzene rings is 2. The first-order valence-electron chi connectivity index (χ1n) is 9.17. The van der Waals surface area contributed by atoms with E-state index >= 15 is 0 Å². The topological polar surface area (TPSA) is 53.4 Å². The van der Waals surface area contributed by atoms with Crippen molar-refractivity contribution in [2.75, 3.05) is 6.61 Å². The Morgan fingerprint density at radius 2 is 1.79 bits per heavy atom. The van der Waals surface area contributed by atoms with E-state index in [9.17, 15) is 9.18 Å². The molecule has 2 aromatic carbocycles. The van der Waals surface area contributed by atoms with Gasteiger partial charge in [-0.3, -0.25) is 9.36 Å². The first-order valence-corrected chi connectivity index (χ1v) is 9.55. The number of carbonyl (C=O) groups excluding carboxylic acids is 1. The molecule has 0 N–H and O–H groups in total. The van der Waals surface area contributed by atoms with E-state index in [2.05, 4.69) is 4.98 Å². The van der Waals surface area contributed by atoms with Crippen LogP contribution in [-0.2, 0) is 4.79 Å². The third-order valence-corrected chi connectivity index (χ3v) is 4.81. The van der Waals surface area contributed by atoms with Crippen LogP contribution in [0.1, 0.15) is 26.5 Å². The van der Waals surface area contributed by atoms with E-state index in [1.807, 2.05) is 13.8 Å². The number of nitrogens with zero attached hydrogens (tertiary/aromatic N) is 2. The van der Waals surface area contributed by atoms with Crippen LogP contribution in [0.5, 0.6) is 11.5 Å². The molecule has 0 saturated carbocycles. The largest absolute Gasteiger partial charge is 0.494 e. The van der Waals surface area contributed by atoms with Gasteiger partial charge in [-0.05, 0) is 55.0 Å². The van der Waals surface area contributed by atoms with Crippen LogP contribution < -0.4 is 9.47 Å². The monoisotopic (exact) mass is 416 g/mol. The van der Waals surface area contributed by atoms with Crippen LogP contribution in [0.2, 0.25) is 5.02 Å². The summed E-state index contributed by atoms with van der Waals surface area (Å²) in [5.41, 5.74) is -0.735. The van der Waals surface area contributed by atoms with Crippen molar-refractivity contribution in [3.63, 3.8) is 0 Å². The molecule has 5 nitrogen and oxygen atoms in total. The van der Waals surface area contributed by atoms with Gasteiger partial charge in [0, 0.05) is 22.8 Å². The van der Waals surface area contributed by atoms with Crippen molar-refractivity contribution in [1.29, 1.82) is 0 Å². The quantitative estimate of drug-likeness (QED) is 0.474. The van der Waals surface area contributed by atoms with Crippen LogP contribution in [0.3, 0.4) is 0 Å². The number of halogens is 2. The van der Waals surface area contributed by atoms with Crippen LogP contribution in [0, 0.1) is 11.2 Å². The van der Waals surface area contributed by atoms with Crippen molar-refractivity contribution in [2.24, 2.45) is 5.41 Å². The molecule has 0 spiro atoms. The zero-order chi connectivity index (χ0) is 20.9. The predicted molar refractivity (Wildman–Crippen MR) is 109 cm³/mol. The molecule has 0 aliphatic heterocycles. The van der Waals surface area contributed by atoms with Gasteiger partial charge in [0.15, 0.2) is 5.78 Å². The molecule has 152 valence electrons. The molecule has 3 aromatic rings. The van der Waals surface area contributed by atoms with Crippen LogP contribution in [0.25, 0.3) is 0 Å². The Kier molecular flexibility index (Phi) is 6.54. The minimum atomic E-state index is -0.923. The number of imidazole rings is 1. The van der Waals surface area contributed by atoms with E-state index in [-0.39, 0.29) is 11.6 Å². The van der Waals surface area contributed by atoms with Crippen LogP contribution in [0.15, 0.2) is 67.3 Å². The molecule has 1 unspecified atom stereocenters. The average molecular weight is 417 g/mol. The van der Waals surface area contributed by atoms with Gasteiger partial charge in [-0.2, -0.15) is 0 Å². The maximum absolute atomic E-state index is 13.3. The molecule has 7 heteroatoms. The van der Waals surface area contributed by atoms with Gasteiger partial charge in [0.25, 0.3) is 0 Å². The number of ketones is 1. The second kappa shape index (κ2) is 9.09. The highest BCUT2D eigenvalue weighted by atomic mass is 35.5. The summed E-state index contributed by atoms with van der Waals surface area (Å²) in [6.45, 7) is 4.05. The second-order valence-electron chi connectivity index (χ2n) is 7.23. The van der Waals surface area contributed by atoms with E-state index in [0.717, 1.165) is 0 Å². The van der Waals surface area contributed by atoms with Gasteiger partial charge >= 0.3 is 0 Å². The number of ether oxygens (including phenoxy) is 2. The van der Waals surface area contributed by atoms with E-state index in [4.69, 9.17) is 21.1 Å². The van der Waals surface area contributed by atoms with Gasteiger partial charge in [-0.1, -0.05) is 25.4 Å². The lowest BCUT2D eigenvalue weighted by Crippen LogP contribution is -2.36. The highest BCUT2D eigenvalue weighted by Crippen LogP contribution is 2.30. The lowest BCUT2D eigenvalue weighted by molar-refractivity contribution is -0.139. The zero-order valence-electron chi connectivity index (χ0n) is 16.2. The maximum atomic E-state index is 13.3.